The molecule has 0 saturated carbocycles. The van der Waals surface area contributed by atoms with Gasteiger partial charge in [0.15, 0.2) is 17.8 Å². The van der Waals surface area contributed by atoms with Crippen LogP contribution in [0.2, 0.25) is 0 Å². The molecule has 0 radical (unpaired) electrons. The van der Waals surface area contributed by atoms with E-state index in [-0.39, 0.29) is 24.2 Å². The molecule has 17 heavy (non-hydrogen) atoms. The van der Waals surface area contributed by atoms with Crippen molar-refractivity contribution in [1.29, 1.82) is 0 Å². The molecule has 1 saturated heterocycles. The minimum Gasteiger partial charge on any atom is -0.504 e. The van der Waals surface area contributed by atoms with Crippen molar-refractivity contribution >= 4 is 0 Å². The molecule has 4 heteroatoms. The number of phenolic OH excluding ortho intramolecular Hbond substituents is 1. The van der Waals surface area contributed by atoms with Gasteiger partial charge in [0.1, 0.15) is 0 Å². The number of aromatic hydroxyl groups is 1. The molecule has 0 aromatic heterocycles. The van der Waals surface area contributed by atoms with E-state index < -0.39 is 0 Å². The Hall–Kier alpha value is -1.26. The lowest BCUT2D eigenvalue weighted by Crippen LogP contribution is -2.13. The second-order valence-electron chi connectivity index (χ2n) is 4.17. The molecule has 1 aromatic rings. The fourth-order valence-electron chi connectivity index (χ4n) is 1.75. The normalized spacial score (nSPS) is 28.3. The molecular formula is C13H18O4. The van der Waals surface area contributed by atoms with Crippen LogP contribution in [0.15, 0.2) is 18.2 Å². The van der Waals surface area contributed by atoms with Gasteiger partial charge in [-0.3, -0.25) is 0 Å². The van der Waals surface area contributed by atoms with E-state index in [0.29, 0.717) is 12.4 Å². The molecule has 1 heterocycles. The van der Waals surface area contributed by atoms with E-state index >= 15 is 0 Å². The Morgan fingerprint density at radius 2 is 1.88 bits per heavy atom. The number of hydrogen-bond donors (Lipinski definition) is 1. The minimum atomic E-state index is -0.375. The summed E-state index contributed by atoms with van der Waals surface area (Å²) in [5, 5.41) is 9.61. The average Bonchev–Trinajstić information content (AvgIpc) is 2.63. The van der Waals surface area contributed by atoms with E-state index in [9.17, 15) is 5.11 Å². The van der Waals surface area contributed by atoms with Gasteiger partial charge < -0.3 is 19.3 Å². The predicted octanol–water partition coefficient (Wildman–Crippen LogP) is 2.61. The number of hydrogen-bond acceptors (Lipinski definition) is 4. The van der Waals surface area contributed by atoms with Crippen molar-refractivity contribution in [2.24, 2.45) is 0 Å². The van der Waals surface area contributed by atoms with E-state index in [1.54, 1.807) is 18.2 Å². The highest BCUT2D eigenvalue weighted by atomic mass is 16.7. The van der Waals surface area contributed by atoms with Crippen LogP contribution < -0.4 is 4.74 Å². The van der Waals surface area contributed by atoms with Crippen molar-refractivity contribution in [1.82, 2.24) is 0 Å². The summed E-state index contributed by atoms with van der Waals surface area (Å²) >= 11 is 0. The van der Waals surface area contributed by atoms with Crippen LogP contribution in [-0.2, 0) is 9.47 Å². The van der Waals surface area contributed by atoms with Crippen molar-refractivity contribution in [3.8, 4) is 11.5 Å². The summed E-state index contributed by atoms with van der Waals surface area (Å²) < 4.78 is 16.7. The molecule has 1 aromatic carbocycles. The maximum Gasteiger partial charge on any atom is 0.184 e. The van der Waals surface area contributed by atoms with Crippen molar-refractivity contribution in [2.75, 3.05) is 6.61 Å². The zero-order valence-electron chi connectivity index (χ0n) is 10.3. The summed E-state index contributed by atoms with van der Waals surface area (Å²) in [6.07, 6.45) is -0.228. The third kappa shape index (κ3) is 2.53. The standard InChI is InChI=1S/C13H18O4/c1-4-15-12-7-10(5-6-11(12)14)13-16-8(2)9(3)17-13/h5-9,13-14H,4H2,1-3H3/t8-,9+,13?. The van der Waals surface area contributed by atoms with E-state index in [4.69, 9.17) is 14.2 Å². The zero-order valence-corrected chi connectivity index (χ0v) is 10.3. The molecule has 4 nitrogen and oxygen atoms in total. The highest BCUT2D eigenvalue weighted by Gasteiger charge is 2.31. The van der Waals surface area contributed by atoms with Crippen LogP contribution >= 0.6 is 0 Å². The van der Waals surface area contributed by atoms with Crippen LogP contribution in [0.25, 0.3) is 0 Å². The zero-order chi connectivity index (χ0) is 12.4. The van der Waals surface area contributed by atoms with Crippen molar-refractivity contribution in [3.05, 3.63) is 23.8 Å². The van der Waals surface area contributed by atoms with Gasteiger partial charge in [0.25, 0.3) is 0 Å². The monoisotopic (exact) mass is 238 g/mol. The highest BCUT2D eigenvalue weighted by molar-refractivity contribution is 5.42. The van der Waals surface area contributed by atoms with Gasteiger partial charge in [-0.25, -0.2) is 0 Å². The summed E-state index contributed by atoms with van der Waals surface area (Å²) in [5.41, 5.74) is 0.863. The number of benzene rings is 1. The van der Waals surface area contributed by atoms with E-state index in [0.717, 1.165) is 5.56 Å². The summed E-state index contributed by atoms with van der Waals surface area (Å²) in [6, 6.07) is 5.14. The predicted molar refractivity (Wildman–Crippen MR) is 63.1 cm³/mol. The van der Waals surface area contributed by atoms with Gasteiger partial charge in [0.05, 0.1) is 18.8 Å². The average molecular weight is 238 g/mol. The van der Waals surface area contributed by atoms with E-state index in [1.807, 2.05) is 20.8 Å². The first kappa shape index (κ1) is 12.2. The molecule has 1 N–H and O–H groups in total. The van der Waals surface area contributed by atoms with E-state index in [2.05, 4.69) is 0 Å². The Morgan fingerprint density at radius 1 is 1.24 bits per heavy atom. The molecule has 0 aliphatic carbocycles. The molecule has 0 spiro atoms. The Bertz CT molecular complexity index is 381. The van der Waals surface area contributed by atoms with Gasteiger partial charge in [-0.15, -0.1) is 0 Å². The lowest BCUT2D eigenvalue weighted by molar-refractivity contribution is -0.0654. The van der Waals surface area contributed by atoms with Crippen molar-refractivity contribution in [2.45, 2.75) is 39.3 Å². The molecule has 1 unspecified atom stereocenters. The fraction of sp³-hybridized carbons (Fsp3) is 0.538. The van der Waals surface area contributed by atoms with Gasteiger partial charge in [-0.05, 0) is 32.9 Å². The van der Waals surface area contributed by atoms with E-state index in [1.165, 1.54) is 0 Å². The van der Waals surface area contributed by atoms with Gasteiger partial charge in [-0.2, -0.15) is 0 Å². The SMILES string of the molecule is CCOc1cc(C2O[C@@H](C)[C@@H](C)O2)ccc1O. The lowest BCUT2D eigenvalue weighted by atomic mass is 10.2. The Kier molecular flexibility index (Phi) is 3.54. The minimum absolute atomic E-state index is 0.0735. The maximum absolute atomic E-state index is 9.61. The van der Waals surface area contributed by atoms with Gasteiger partial charge in [-0.1, -0.05) is 6.07 Å². The van der Waals surface area contributed by atoms with Crippen LogP contribution in [0.3, 0.4) is 0 Å². The maximum atomic E-state index is 9.61. The molecule has 1 aliphatic rings. The lowest BCUT2D eigenvalue weighted by Gasteiger charge is -2.13. The summed E-state index contributed by atoms with van der Waals surface area (Å²) in [4.78, 5) is 0. The van der Waals surface area contributed by atoms with Gasteiger partial charge >= 0.3 is 0 Å². The second kappa shape index (κ2) is 4.94. The summed E-state index contributed by atoms with van der Waals surface area (Å²) in [6.45, 7) is 6.35. The number of rotatable bonds is 3. The van der Waals surface area contributed by atoms with Crippen molar-refractivity contribution < 1.29 is 19.3 Å². The van der Waals surface area contributed by atoms with Crippen LogP contribution in [0.5, 0.6) is 11.5 Å². The third-order valence-corrected chi connectivity index (χ3v) is 2.89. The summed E-state index contributed by atoms with van der Waals surface area (Å²) in [5.74, 6) is 0.596. The quantitative estimate of drug-likeness (QED) is 0.879. The third-order valence-electron chi connectivity index (χ3n) is 2.89. The molecule has 0 amide bonds. The van der Waals surface area contributed by atoms with Crippen LogP contribution in [0.4, 0.5) is 0 Å². The topological polar surface area (TPSA) is 47.9 Å². The van der Waals surface area contributed by atoms with Crippen LogP contribution in [0, 0.1) is 0 Å². The largest absolute Gasteiger partial charge is 0.504 e. The molecule has 3 atom stereocenters. The van der Waals surface area contributed by atoms with Crippen molar-refractivity contribution in [3.63, 3.8) is 0 Å². The molecule has 1 aliphatic heterocycles. The van der Waals surface area contributed by atoms with Crippen LogP contribution in [0.1, 0.15) is 32.6 Å². The number of ether oxygens (including phenoxy) is 3. The summed E-state index contributed by atoms with van der Waals surface area (Å²) in [7, 11) is 0. The second-order valence-corrected chi connectivity index (χ2v) is 4.17. The van der Waals surface area contributed by atoms with Gasteiger partial charge in [0, 0.05) is 5.56 Å². The molecule has 0 bridgehead atoms. The molecule has 2 rings (SSSR count). The Morgan fingerprint density at radius 3 is 2.47 bits per heavy atom. The Labute approximate surface area is 101 Å². The van der Waals surface area contributed by atoms with Gasteiger partial charge in [0.2, 0.25) is 0 Å². The van der Waals surface area contributed by atoms with Crippen LogP contribution in [-0.4, -0.2) is 23.9 Å². The molecule has 94 valence electrons. The fourth-order valence-corrected chi connectivity index (χ4v) is 1.75. The first-order chi connectivity index (χ1) is 8.11. The molecule has 1 fully saturated rings. The Balaban J connectivity index is 2.19. The first-order valence-electron chi connectivity index (χ1n) is 5.88. The smallest absolute Gasteiger partial charge is 0.184 e. The highest BCUT2D eigenvalue weighted by Crippen LogP contribution is 2.35. The first-order valence-corrected chi connectivity index (χ1v) is 5.88. The number of phenols is 1. The molecular weight excluding hydrogens is 220 g/mol.